The van der Waals surface area contributed by atoms with Crippen LogP contribution in [0.3, 0.4) is 0 Å². The molecule has 1 saturated carbocycles. The van der Waals surface area contributed by atoms with Gasteiger partial charge in [0.15, 0.2) is 0 Å². The first-order valence-corrected chi connectivity index (χ1v) is 8.61. The lowest BCUT2D eigenvalue weighted by atomic mass is 9.82. The average Bonchev–Trinajstić information content (AvgIpc) is 2.52. The summed E-state index contributed by atoms with van der Waals surface area (Å²) in [5, 5.41) is 3.81. The highest BCUT2D eigenvalue weighted by molar-refractivity contribution is 5.13. The van der Waals surface area contributed by atoms with E-state index in [1.54, 1.807) is 0 Å². The van der Waals surface area contributed by atoms with Crippen LogP contribution in [0.15, 0.2) is 18.3 Å². The largest absolute Gasteiger partial charge is 0.311 e. The Kier molecular flexibility index (Phi) is 4.91. The third-order valence-corrected chi connectivity index (χ3v) is 5.31. The number of rotatable bonds is 3. The minimum atomic E-state index is 0.617. The molecule has 2 heterocycles. The van der Waals surface area contributed by atoms with E-state index in [0.717, 1.165) is 24.7 Å². The number of pyridine rings is 1. The van der Waals surface area contributed by atoms with E-state index in [9.17, 15) is 0 Å². The molecule has 0 amide bonds. The summed E-state index contributed by atoms with van der Waals surface area (Å²) in [5.41, 5.74) is 2.45. The molecule has 116 valence electrons. The van der Waals surface area contributed by atoms with Gasteiger partial charge in [-0.05, 0) is 44.2 Å². The van der Waals surface area contributed by atoms with Crippen molar-refractivity contribution in [3.05, 3.63) is 29.6 Å². The van der Waals surface area contributed by atoms with E-state index in [1.807, 2.05) is 6.20 Å². The Morgan fingerprint density at radius 3 is 2.76 bits per heavy atom. The van der Waals surface area contributed by atoms with Crippen LogP contribution in [0.2, 0.25) is 0 Å². The average molecular weight is 287 g/mol. The molecular weight excluding hydrogens is 258 g/mol. The van der Waals surface area contributed by atoms with Gasteiger partial charge >= 0.3 is 0 Å². The normalized spacial score (nSPS) is 28.7. The zero-order chi connectivity index (χ0) is 14.7. The molecule has 3 nitrogen and oxygen atoms in total. The van der Waals surface area contributed by atoms with E-state index < -0.39 is 0 Å². The van der Waals surface area contributed by atoms with Crippen molar-refractivity contribution in [3.63, 3.8) is 0 Å². The van der Waals surface area contributed by atoms with Crippen molar-refractivity contribution in [2.45, 2.75) is 64.6 Å². The van der Waals surface area contributed by atoms with Gasteiger partial charge in [-0.25, -0.2) is 0 Å². The summed E-state index contributed by atoms with van der Waals surface area (Å²) >= 11 is 0. The van der Waals surface area contributed by atoms with Gasteiger partial charge in [0.05, 0.1) is 0 Å². The quantitative estimate of drug-likeness (QED) is 0.926. The zero-order valence-electron chi connectivity index (χ0n) is 13.5. The lowest BCUT2D eigenvalue weighted by Gasteiger charge is -2.42. The topological polar surface area (TPSA) is 28.2 Å². The predicted molar refractivity (Wildman–Crippen MR) is 87.2 cm³/mol. The van der Waals surface area contributed by atoms with Crippen molar-refractivity contribution in [2.75, 3.05) is 13.1 Å². The molecule has 1 aromatic rings. The van der Waals surface area contributed by atoms with Crippen LogP contribution in [0.4, 0.5) is 0 Å². The molecule has 3 heteroatoms. The van der Waals surface area contributed by atoms with Gasteiger partial charge in [0.1, 0.15) is 0 Å². The van der Waals surface area contributed by atoms with Gasteiger partial charge in [0.25, 0.3) is 0 Å². The number of hydrogen-bond acceptors (Lipinski definition) is 3. The molecule has 2 unspecified atom stereocenters. The maximum atomic E-state index is 4.44. The molecule has 3 rings (SSSR count). The molecule has 1 N–H and O–H groups in total. The Hall–Kier alpha value is -0.930. The van der Waals surface area contributed by atoms with Crippen LogP contribution in [0.25, 0.3) is 0 Å². The molecule has 2 atom stereocenters. The van der Waals surface area contributed by atoms with E-state index in [-0.39, 0.29) is 0 Å². The van der Waals surface area contributed by atoms with Gasteiger partial charge < -0.3 is 5.32 Å². The number of piperazine rings is 1. The van der Waals surface area contributed by atoms with E-state index >= 15 is 0 Å². The van der Waals surface area contributed by atoms with Gasteiger partial charge in [-0.3, -0.25) is 9.88 Å². The third kappa shape index (κ3) is 3.83. The summed E-state index contributed by atoms with van der Waals surface area (Å²) in [6.45, 7) is 7.75. The highest BCUT2D eigenvalue weighted by atomic mass is 15.2. The first-order valence-electron chi connectivity index (χ1n) is 8.61. The van der Waals surface area contributed by atoms with E-state index in [2.05, 4.69) is 41.2 Å². The Morgan fingerprint density at radius 2 is 2.05 bits per heavy atom. The number of aryl methyl sites for hydroxylation is 1. The van der Waals surface area contributed by atoms with Crippen LogP contribution in [-0.2, 0) is 6.54 Å². The molecule has 1 aliphatic heterocycles. The number of nitrogens with one attached hydrogen (secondary N) is 1. The van der Waals surface area contributed by atoms with Crippen LogP contribution >= 0.6 is 0 Å². The van der Waals surface area contributed by atoms with Crippen molar-refractivity contribution >= 4 is 0 Å². The second-order valence-electron chi connectivity index (χ2n) is 7.00. The molecular formula is C18H29N3. The van der Waals surface area contributed by atoms with Crippen molar-refractivity contribution in [2.24, 2.45) is 5.92 Å². The number of nitrogens with zero attached hydrogens (tertiary/aromatic N) is 2. The van der Waals surface area contributed by atoms with Gasteiger partial charge in [-0.15, -0.1) is 0 Å². The van der Waals surface area contributed by atoms with Crippen LogP contribution < -0.4 is 5.32 Å². The minimum Gasteiger partial charge on any atom is -0.311 e. The van der Waals surface area contributed by atoms with Crippen molar-refractivity contribution in [1.29, 1.82) is 0 Å². The molecule has 2 fully saturated rings. The SMILES string of the molecule is Cc1ccc(CN2CC(C3CCCCC3)NCC2C)cn1. The molecule has 0 radical (unpaired) electrons. The highest BCUT2D eigenvalue weighted by Gasteiger charge is 2.30. The van der Waals surface area contributed by atoms with Crippen LogP contribution in [0, 0.1) is 12.8 Å². The monoisotopic (exact) mass is 287 g/mol. The highest BCUT2D eigenvalue weighted by Crippen LogP contribution is 2.28. The molecule has 1 aromatic heterocycles. The van der Waals surface area contributed by atoms with Crippen molar-refractivity contribution in [3.8, 4) is 0 Å². The van der Waals surface area contributed by atoms with Gasteiger partial charge in [0.2, 0.25) is 0 Å². The zero-order valence-corrected chi connectivity index (χ0v) is 13.5. The standard InChI is InChI=1S/C18H29N3/c1-14-8-9-16(11-19-14)12-21-13-18(20-10-15(21)2)17-6-4-3-5-7-17/h8-9,11,15,17-18,20H,3-7,10,12-13H2,1-2H3. The predicted octanol–water partition coefficient (Wildman–Crippen LogP) is 3.13. The summed E-state index contributed by atoms with van der Waals surface area (Å²) < 4.78 is 0. The second kappa shape index (κ2) is 6.89. The minimum absolute atomic E-state index is 0.617. The van der Waals surface area contributed by atoms with Crippen LogP contribution in [-0.4, -0.2) is 35.1 Å². The molecule has 1 aliphatic carbocycles. The Balaban J connectivity index is 1.61. The molecule has 21 heavy (non-hydrogen) atoms. The number of hydrogen-bond donors (Lipinski definition) is 1. The summed E-state index contributed by atoms with van der Waals surface area (Å²) in [5.74, 6) is 0.893. The number of aromatic nitrogens is 1. The van der Waals surface area contributed by atoms with Gasteiger partial charge in [-0.2, -0.15) is 0 Å². The molecule has 2 aliphatic rings. The summed E-state index contributed by atoms with van der Waals surface area (Å²) in [7, 11) is 0. The molecule has 0 spiro atoms. The summed E-state index contributed by atoms with van der Waals surface area (Å²) in [6.07, 6.45) is 9.19. The lowest BCUT2D eigenvalue weighted by molar-refractivity contribution is 0.0980. The fourth-order valence-electron chi connectivity index (χ4n) is 3.85. The third-order valence-electron chi connectivity index (χ3n) is 5.31. The van der Waals surface area contributed by atoms with E-state index in [4.69, 9.17) is 0 Å². The lowest BCUT2D eigenvalue weighted by Crippen LogP contribution is -2.57. The summed E-state index contributed by atoms with van der Waals surface area (Å²) in [4.78, 5) is 7.08. The molecule has 0 bridgehead atoms. The van der Waals surface area contributed by atoms with Crippen LogP contribution in [0.5, 0.6) is 0 Å². The Morgan fingerprint density at radius 1 is 1.24 bits per heavy atom. The first kappa shape index (κ1) is 15.0. The maximum absolute atomic E-state index is 4.44. The fraction of sp³-hybridized carbons (Fsp3) is 0.722. The van der Waals surface area contributed by atoms with Gasteiger partial charge in [-0.1, -0.05) is 25.3 Å². The first-order chi connectivity index (χ1) is 10.2. The van der Waals surface area contributed by atoms with Gasteiger partial charge in [0, 0.05) is 43.6 Å². The van der Waals surface area contributed by atoms with E-state index in [0.29, 0.717) is 12.1 Å². The van der Waals surface area contributed by atoms with Crippen LogP contribution in [0.1, 0.15) is 50.3 Å². The Labute approximate surface area is 129 Å². The smallest absolute Gasteiger partial charge is 0.0372 e. The Bertz CT molecular complexity index is 436. The maximum Gasteiger partial charge on any atom is 0.0372 e. The second-order valence-corrected chi connectivity index (χ2v) is 7.00. The van der Waals surface area contributed by atoms with Crippen molar-refractivity contribution < 1.29 is 0 Å². The molecule has 1 saturated heterocycles. The van der Waals surface area contributed by atoms with E-state index in [1.165, 1.54) is 44.2 Å². The summed E-state index contributed by atoms with van der Waals surface area (Å²) in [6, 6.07) is 5.67. The fourth-order valence-corrected chi connectivity index (χ4v) is 3.85. The van der Waals surface area contributed by atoms with Crippen molar-refractivity contribution in [1.82, 2.24) is 15.2 Å². The molecule has 0 aromatic carbocycles.